The van der Waals surface area contributed by atoms with E-state index in [1.807, 2.05) is 6.07 Å². The fourth-order valence-corrected chi connectivity index (χ4v) is 2.86. The Hall–Kier alpha value is -1.64. The van der Waals surface area contributed by atoms with Crippen LogP contribution in [0.1, 0.15) is 5.56 Å². The summed E-state index contributed by atoms with van der Waals surface area (Å²) < 4.78 is 28.1. The van der Waals surface area contributed by atoms with Crippen molar-refractivity contribution in [3.8, 4) is 5.88 Å². The average molecular weight is 372 g/mol. The molecule has 0 radical (unpaired) electrons. The van der Waals surface area contributed by atoms with E-state index in [1.54, 1.807) is 25.4 Å². The number of hydrogen-bond acceptors (Lipinski definition) is 5. The van der Waals surface area contributed by atoms with Crippen molar-refractivity contribution in [2.24, 2.45) is 5.14 Å². The van der Waals surface area contributed by atoms with E-state index in [0.717, 1.165) is 11.3 Å². The summed E-state index contributed by atoms with van der Waals surface area (Å²) in [5, 5.41) is 8.26. The zero-order chi connectivity index (χ0) is 15.5. The summed E-state index contributed by atoms with van der Waals surface area (Å²) in [4.78, 5) is 4.17. The third kappa shape index (κ3) is 4.16. The smallest absolute Gasteiger partial charge is 0.238 e. The van der Waals surface area contributed by atoms with E-state index in [1.165, 1.54) is 12.1 Å². The van der Waals surface area contributed by atoms with Gasteiger partial charge < -0.3 is 10.1 Å². The monoisotopic (exact) mass is 371 g/mol. The lowest BCUT2D eigenvalue weighted by Gasteiger charge is -2.10. The SMILES string of the molecule is COc1ccc(CNc2ccc(S(N)(=O)=O)cc2Br)cn1. The first kappa shape index (κ1) is 15.7. The van der Waals surface area contributed by atoms with Crippen LogP contribution in [0.25, 0.3) is 0 Å². The highest BCUT2D eigenvalue weighted by molar-refractivity contribution is 9.10. The Morgan fingerprint density at radius 3 is 2.62 bits per heavy atom. The Labute approximate surface area is 131 Å². The summed E-state index contributed by atoms with van der Waals surface area (Å²) in [6.07, 6.45) is 1.71. The number of sulfonamides is 1. The van der Waals surface area contributed by atoms with Crippen LogP contribution in [0.5, 0.6) is 5.88 Å². The average Bonchev–Trinajstić information content (AvgIpc) is 2.45. The molecule has 0 bridgehead atoms. The molecular formula is C13H14BrN3O3S. The highest BCUT2D eigenvalue weighted by atomic mass is 79.9. The Morgan fingerprint density at radius 1 is 1.33 bits per heavy atom. The van der Waals surface area contributed by atoms with E-state index >= 15 is 0 Å². The molecule has 0 amide bonds. The molecule has 112 valence electrons. The molecule has 21 heavy (non-hydrogen) atoms. The molecule has 0 fully saturated rings. The first-order valence-electron chi connectivity index (χ1n) is 5.95. The van der Waals surface area contributed by atoms with Gasteiger partial charge in [0.05, 0.1) is 12.0 Å². The van der Waals surface area contributed by atoms with Crippen LogP contribution in [0.3, 0.4) is 0 Å². The zero-order valence-electron chi connectivity index (χ0n) is 11.2. The molecule has 0 saturated heterocycles. The van der Waals surface area contributed by atoms with Gasteiger partial charge in [0, 0.05) is 29.0 Å². The molecule has 8 heteroatoms. The predicted octanol–water partition coefficient (Wildman–Crippen LogP) is 2.11. The van der Waals surface area contributed by atoms with Crippen molar-refractivity contribution in [2.45, 2.75) is 11.4 Å². The number of anilines is 1. The molecular weight excluding hydrogens is 358 g/mol. The second-order valence-electron chi connectivity index (χ2n) is 4.25. The number of hydrogen-bond donors (Lipinski definition) is 2. The number of nitrogens with two attached hydrogens (primary N) is 1. The van der Waals surface area contributed by atoms with E-state index in [2.05, 4.69) is 26.2 Å². The van der Waals surface area contributed by atoms with Gasteiger partial charge in [0.1, 0.15) is 0 Å². The third-order valence-electron chi connectivity index (χ3n) is 2.76. The number of ether oxygens (including phenoxy) is 1. The molecule has 2 rings (SSSR count). The highest BCUT2D eigenvalue weighted by Crippen LogP contribution is 2.25. The lowest BCUT2D eigenvalue weighted by molar-refractivity contribution is 0.397. The Bertz CT molecular complexity index is 733. The van der Waals surface area contributed by atoms with E-state index in [4.69, 9.17) is 9.88 Å². The molecule has 0 atom stereocenters. The quantitative estimate of drug-likeness (QED) is 0.839. The van der Waals surface area contributed by atoms with Gasteiger partial charge in [0.2, 0.25) is 15.9 Å². The minimum atomic E-state index is -3.70. The summed E-state index contributed by atoms with van der Waals surface area (Å²) in [5.41, 5.74) is 1.73. The van der Waals surface area contributed by atoms with Crippen molar-refractivity contribution >= 4 is 31.6 Å². The first-order chi connectivity index (χ1) is 9.90. The van der Waals surface area contributed by atoms with Crippen molar-refractivity contribution < 1.29 is 13.2 Å². The molecule has 0 saturated carbocycles. The standard InChI is InChI=1S/C13H14BrN3O3S/c1-20-13-5-2-9(8-17-13)7-16-12-4-3-10(6-11(12)14)21(15,18)19/h2-6,8,16H,7H2,1H3,(H2,15,18,19). The number of benzene rings is 1. The van der Waals surface area contributed by atoms with Gasteiger partial charge in [-0.15, -0.1) is 0 Å². The highest BCUT2D eigenvalue weighted by Gasteiger charge is 2.10. The van der Waals surface area contributed by atoms with Crippen molar-refractivity contribution in [1.82, 2.24) is 4.98 Å². The molecule has 0 aliphatic carbocycles. The number of primary sulfonamides is 1. The van der Waals surface area contributed by atoms with E-state index in [0.29, 0.717) is 16.9 Å². The third-order valence-corrected chi connectivity index (χ3v) is 4.33. The lowest BCUT2D eigenvalue weighted by Crippen LogP contribution is -2.12. The molecule has 6 nitrogen and oxygen atoms in total. The first-order valence-corrected chi connectivity index (χ1v) is 8.29. The van der Waals surface area contributed by atoms with Gasteiger partial charge in [0.15, 0.2) is 0 Å². The van der Waals surface area contributed by atoms with Gasteiger partial charge in [-0.25, -0.2) is 18.5 Å². The number of pyridine rings is 1. The van der Waals surface area contributed by atoms with Crippen LogP contribution in [0.4, 0.5) is 5.69 Å². The van der Waals surface area contributed by atoms with E-state index < -0.39 is 10.0 Å². The van der Waals surface area contributed by atoms with Crippen LogP contribution in [0.15, 0.2) is 45.9 Å². The van der Waals surface area contributed by atoms with Gasteiger partial charge in [-0.2, -0.15) is 0 Å². The van der Waals surface area contributed by atoms with Crippen LogP contribution in [0.2, 0.25) is 0 Å². The molecule has 0 spiro atoms. The second kappa shape index (κ2) is 6.42. The molecule has 0 aliphatic heterocycles. The number of nitrogens with zero attached hydrogens (tertiary/aromatic N) is 1. The van der Waals surface area contributed by atoms with Crippen molar-refractivity contribution in [1.29, 1.82) is 0 Å². The van der Waals surface area contributed by atoms with Gasteiger partial charge in [0.25, 0.3) is 0 Å². The molecule has 2 aromatic rings. The van der Waals surface area contributed by atoms with Gasteiger partial charge in [-0.05, 0) is 39.7 Å². The summed E-state index contributed by atoms with van der Waals surface area (Å²) in [5.74, 6) is 0.553. The van der Waals surface area contributed by atoms with Gasteiger partial charge in [-0.1, -0.05) is 6.07 Å². The van der Waals surface area contributed by atoms with Crippen LogP contribution in [-0.2, 0) is 16.6 Å². The fourth-order valence-electron chi connectivity index (χ4n) is 1.65. The maximum Gasteiger partial charge on any atom is 0.238 e. The minimum Gasteiger partial charge on any atom is -0.481 e. The Morgan fingerprint density at radius 2 is 2.10 bits per heavy atom. The second-order valence-corrected chi connectivity index (χ2v) is 6.66. The minimum absolute atomic E-state index is 0.0611. The number of aromatic nitrogens is 1. The molecule has 3 N–H and O–H groups in total. The number of nitrogens with one attached hydrogen (secondary N) is 1. The largest absolute Gasteiger partial charge is 0.481 e. The Kier molecular flexibility index (Phi) is 4.81. The number of halogens is 1. The van der Waals surface area contributed by atoms with Crippen molar-refractivity contribution in [3.63, 3.8) is 0 Å². The maximum atomic E-state index is 11.3. The number of rotatable bonds is 5. The molecule has 1 aromatic carbocycles. The lowest BCUT2D eigenvalue weighted by atomic mass is 10.2. The van der Waals surface area contributed by atoms with E-state index in [9.17, 15) is 8.42 Å². The van der Waals surface area contributed by atoms with Crippen molar-refractivity contribution in [3.05, 3.63) is 46.6 Å². The normalized spacial score (nSPS) is 11.2. The van der Waals surface area contributed by atoms with Crippen LogP contribution in [0, 0.1) is 0 Å². The van der Waals surface area contributed by atoms with Crippen LogP contribution >= 0.6 is 15.9 Å². The summed E-state index contributed by atoms with van der Waals surface area (Å²) in [6, 6.07) is 8.24. The summed E-state index contributed by atoms with van der Waals surface area (Å²) in [6.45, 7) is 0.546. The topological polar surface area (TPSA) is 94.3 Å². The molecule has 0 unspecified atom stereocenters. The predicted molar refractivity (Wildman–Crippen MR) is 83.6 cm³/mol. The zero-order valence-corrected chi connectivity index (χ0v) is 13.6. The van der Waals surface area contributed by atoms with Crippen molar-refractivity contribution in [2.75, 3.05) is 12.4 Å². The molecule has 1 heterocycles. The fraction of sp³-hybridized carbons (Fsp3) is 0.154. The Balaban J connectivity index is 2.09. The van der Waals surface area contributed by atoms with Crippen LogP contribution in [-0.4, -0.2) is 20.5 Å². The number of methoxy groups -OCH3 is 1. The van der Waals surface area contributed by atoms with Crippen LogP contribution < -0.4 is 15.2 Å². The molecule has 1 aromatic heterocycles. The molecule has 0 aliphatic rings. The summed E-state index contributed by atoms with van der Waals surface area (Å²) >= 11 is 3.32. The maximum absolute atomic E-state index is 11.3. The summed E-state index contributed by atoms with van der Waals surface area (Å²) in [7, 11) is -2.14. The van der Waals surface area contributed by atoms with Gasteiger partial charge >= 0.3 is 0 Å². The van der Waals surface area contributed by atoms with E-state index in [-0.39, 0.29) is 4.90 Å². The van der Waals surface area contributed by atoms with Gasteiger partial charge in [-0.3, -0.25) is 0 Å².